The van der Waals surface area contributed by atoms with E-state index in [2.05, 4.69) is 20.6 Å². The number of hydrogen-bond acceptors (Lipinski definition) is 4. The molecular weight excluding hydrogens is 490 g/mol. The van der Waals surface area contributed by atoms with Crippen molar-refractivity contribution in [3.05, 3.63) is 70.8 Å². The van der Waals surface area contributed by atoms with E-state index in [9.17, 15) is 31.1 Å². The van der Waals surface area contributed by atoms with Gasteiger partial charge in [-0.05, 0) is 35.4 Å². The summed E-state index contributed by atoms with van der Waals surface area (Å²) >= 11 is 5.53. The lowest BCUT2D eigenvalue weighted by Gasteiger charge is -2.15. The molecule has 0 fully saturated rings. The highest BCUT2D eigenvalue weighted by molar-refractivity contribution is 6.18. The molecule has 0 aliphatic heterocycles. The molecule has 0 aromatic heterocycles. The maximum atomic E-state index is 12.7. The molecule has 2 rings (SSSR count). The SMILES string of the molecule is N/C(=N/N=Cc1ccc(C(F)(F)F)cc1)N(N=Cc1ccc(C(F)(F)F)cc1)C(=O)NCCCl. The number of guanidine groups is 1. The number of carbonyl (C=O) groups is 1. The van der Waals surface area contributed by atoms with E-state index >= 15 is 0 Å². The summed E-state index contributed by atoms with van der Waals surface area (Å²) in [5.74, 6) is -0.455. The van der Waals surface area contributed by atoms with Gasteiger partial charge in [0, 0.05) is 12.4 Å². The van der Waals surface area contributed by atoms with Gasteiger partial charge in [-0.15, -0.1) is 21.7 Å². The van der Waals surface area contributed by atoms with Gasteiger partial charge in [0.25, 0.3) is 0 Å². The van der Waals surface area contributed by atoms with Crippen LogP contribution in [0, 0.1) is 0 Å². The summed E-state index contributed by atoms with van der Waals surface area (Å²) in [5.41, 5.74) is 4.54. The highest BCUT2D eigenvalue weighted by Crippen LogP contribution is 2.29. The Balaban J connectivity index is 2.20. The molecule has 2 aromatic carbocycles. The summed E-state index contributed by atoms with van der Waals surface area (Å²) in [5, 5.41) is 14.0. The molecule has 2 aromatic rings. The fourth-order valence-corrected chi connectivity index (χ4v) is 2.38. The number of hydrazone groups is 1. The molecule has 2 amide bonds. The highest BCUT2D eigenvalue weighted by atomic mass is 35.5. The molecule has 0 aliphatic rings. The van der Waals surface area contributed by atoms with E-state index in [0.29, 0.717) is 5.01 Å². The van der Waals surface area contributed by atoms with E-state index in [4.69, 9.17) is 17.3 Å². The van der Waals surface area contributed by atoms with Crippen LogP contribution in [-0.2, 0) is 12.4 Å². The van der Waals surface area contributed by atoms with Crippen LogP contribution in [0.15, 0.2) is 63.8 Å². The van der Waals surface area contributed by atoms with Crippen LogP contribution in [0.1, 0.15) is 22.3 Å². The molecule has 0 radical (unpaired) electrons. The molecule has 0 heterocycles. The second-order valence-corrected chi connectivity index (χ2v) is 6.80. The Morgan fingerprint density at radius 3 is 1.82 bits per heavy atom. The first-order chi connectivity index (χ1) is 15.9. The number of halogens is 7. The van der Waals surface area contributed by atoms with E-state index < -0.39 is 35.5 Å². The number of nitrogens with one attached hydrogen (secondary N) is 1. The minimum atomic E-state index is -4.51. The van der Waals surface area contributed by atoms with Crippen molar-refractivity contribution < 1.29 is 31.1 Å². The predicted molar refractivity (Wildman–Crippen MR) is 116 cm³/mol. The molecule has 182 valence electrons. The zero-order valence-corrected chi connectivity index (χ0v) is 17.9. The molecule has 0 aliphatic carbocycles. The number of hydrogen-bond donors (Lipinski definition) is 2. The lowest BCUT2D eigenvalue weighted by Crippen LogP contribution is -2.44. The lowest BCUT2D eigenvalue weighted by molar-refractivity contribution is -0.138. The van der Waals surface area contributed by atoms with Gasteiger partial charge in [0.2, 0.25) is 5.96 Å². The zero-order chi connectivity index (χ0) is 25.4. The van der Waals surface area contributed by atoms with Crippen LogP contribution < -0.4 is 11.1 Å². The van der Waals surface area contributed by atoms with Crippen molar-refractivity contribution in [3.63, 3.8) is 0 Å². The molecule has 0 saturated carbocycles. The molecular formula is C20H17ClF6N6O. The molecule has 3 N–H and O–H groups in total. The number of alkyl halides is 7. The maximum absolute atomic E-state index is 12.7. The van der Waals surface area contributed by atoms with Crippen LogP contribution >= 0.6 is 11.6 Å². The molecule has 0 unspecified atom stereocenters. The van der Waals surface area contributed by atoms with Crippen molar-refractivity contribution in [3.8, 4) is 0 Å². The van der Waals surface area contributed by atoms with Gasteiger partial charge in [-0.1, -0.05) is 24.3 Å². The summed E-state index contributed by atoms with van der Waals surface area (Å²) in [4.78, 5) is 12.3. The van der Waals surface area contributed by atoms with Gasteiger partial charge in [0.15, 0.2) is 0 Å². The van der Waals surface area contributed by atoms with Gasteiger partial charge < -0.3 is 11.1 Å². The second kappa shape index (κ2) is 11.5. The summed E-state index contributed by atoms with van der Waals surface area (Å²) in [6.07, 6.45) is -6.82. The van der Waals surface area contributed by atoms with Crippen molar-refractivity contribution in [2.45, 2.75) is 12.4 Å². The van der Waals surface area contributed by atoms with Gasteiger partial charge in [-0.2, -0.15) is 36.5 Å². The summed E-state index contributed by atoms with van der Waals surface area (Å²) in [6.45, 7) is 0.0504. The number of nitrogens with two attached hydrogens (primary N) is 1. The van der Waals surface area contributed by atoms with Crippen molar-refractivity contribution in [1.29, 1.82) is 0 Å². The Labute approximate surface area is 194 Å². The molecule has 7 nitrogen and oxygen atoms in total. The molecule has 0 saturated heterocycles. The summed E-state index contributed by atoms with van der Waals surface area (Å²) in [6, 6.07) is 7.13. The second-order valence-electron chi connectivity index (χ2n) is 6.42. The third-order valence-corrected chi connectivity index (χ3v) is 4.13. The molecule has 34 heavy (non-hydrogen) atoms. The van der Waals surface area contributed by atoms with Crippen molar-refractivity contribution >= 4 is 36.0 Å². The average molecular weight is 507 g/mol. The predicted octanol–water partition coefficient (Wildman–Crippen LogP) is 4.66. The number of rotatable bonds is 6. The Hall–Kier alpha value is -3.61. The summed E-state index contributed by atoms with van der Waals surface area (Å²) in [7, 11) is 0. The minimum absolute atomic E-state index is 0.0504. The smallest absolute Gasteiger partial charge is 0.366 e. The Morgan fingerprint density at radius 2 is 1.38 bits per heavy atom. The Morgan fingerprint density at radius 1 is 0.912 bits per heavy atom. The van der Waals surface area contributed by atoms with E-state index in [1.807, 2.05) is 0 Å². The number of carbonyl (C=O) groups excluding carboxylic acids is 1. The van der Waals surface area contributed by atoms with Crippen LogP contribution in [0.3, 0.4) is 0 Å². The van der Waals surface area contributed by atoms with Crippen molar-refractivity contribution in [1.82, 2.24) is 10.3 Å². The van der Waals surface area contributed by atoms with Crippen molar-refractivity contribution in [2.75, 3.05) is 12.4 Å². The van der Waals surface area contributed by atoms with Crippen LogP contribution in [0.4, 0.5) is 31.1 Å². The van der Waals surface area contributed by atoms with Gasteiger partial charge in [0.05, 0.1) is 23.6 Å². The monoisotopic (exact) mass is 506 g/mol. The molecule has 14 heteroatoms. The maximum Gasteiger partial charge on any atom is 0.416 e. The largest absolute Gasteiger partial charge is 0.416 e. The van der Waals surface area contributed by atoms with E-state index in [1.165, 1.54) is 0 Å². The fraction of sp³-hybridized carbons (Fsp3) is 0.200. The highest BCUT2D eigenvalue weighted by Gasteiger charge is 2.30. The minimum Gasteiger partial charge on any atom is -0.366 e. The van der Waals surface area contributed by atoms with Gasteiger partial charge in [-0.3, -0.25) is 0 Å². The number of urea groups is 1. The average Bonchev–Trinajstić information content (AvgIpc) is 2.77. The Kier molecular flexibility index (Phi) is 9.01. The number of nitrogens with zero attached hydrogens (tertiary/aromatic N) is 4. The van der Waals surface area contributed by atoms with Gasteiger partial charge in [-0.25, -0.2) is 4.79 Å². The summed E-state index contributed by atoms with van der Waals surface area (Å²) < 4.78 is 75.9. The first kappa shape index (κ1) is 26.6. The van der Waals surface area contributed by atoms with Gasteiger partial charge >= 0.3 is 18.4 Å². The van der Waals surface area contributed by atoms with Crippen LogP contribution in [-0.4, -0.2) is 41.9 Å². The third kappa shape index (κ3) is 8.06. The quantitative estimate of drug-likeness (QED) is 0.196. The van der Waals surface area contributed by atoms with Crippen LogP contribution in [0.5, 0.6) is 0 Å². The number of benzene rings is 2. The molecule has 0 atom stereocenters. The topological polar surface area (TPSA) is 95.4 Å². The normalized spacial score (nSPS) is 13.0. The van der Waals surface area contributed by atoms with Crippen molar-refractivity contribution in [2.24, 2.45) is 21.0 Å². The lowest BCUT2D eigenvalue weighted by atomic mass is 10.1. The standard InChI is InChI=1S/C20H17ClF6N6O/c21-9-10-29-18(34)33(31-12-14-3-7-16(8-4-14)20(25,26)27)17(28)32-30-11-13-1-5-15(6-2-13)19(22,23)24/h1-8,11-12H,9-10H2,(H2,28,32)(H,29,34). The fourth-order valence-electron chi connectivity index (χ4n) is 2.28. The van der Waals surface area contributed by atoms with Crippen LogP contribution in [0.25, 0.3) is 0 Å². The molecule has 0 spiro atoms. The van der Waals surface area contributed by atoms with E-state index in [0.717, 1.165) is 61.0 Å². The van der Waals surface area contributed by atoms with E-state index in [1.54, 1.807) is 0 Å². The third-order valence-electron chi connectivity index (χ3n) is 3.95. The van der Waals surface area contributed by atoms with Gasteiger partial charge in [0.1, 0.15) is 0 Å². The van der Waals surface area contributed by atoms with Crippen LogP contribution in [0.2, 0.25) is 0 Å². The zero-order valence-electron chi connectivity index (χ0n) is 17.1. The Bertz CT molecular complexity index is 1050. The molecule has 0 bridgehead atoms. The number of amides is 2. The van der Waals surface area contributed by atoms with E-state index in [-0.39, 0.29) is 23.6 Å². The first-order valence-electron chi connectivity index (χ1n) is 9.30. The first-order valence-corrected chi connectivity index (χ1v) is 9.84.